The molecule has 1 unspecified atom stereocenters. The van der Waals surface area contributed by atoms with Crippen LogP contribution in [0.1, 0.15) is 13.0 Å². The molecule has 0 spiro atoms. The Labute approximate surface area is 91.8 Å². The summed E-state index contributed by atoms with van der Waals surface area (Å²) in [5, 5.41) is 1.24. The second kappa shape index (κ2) is 3.75. The van der Waals surface area contributed by atoms with Crippen LogP contribution in [0.4, 0.5) is 0 Å². The van der Waals surface area contributed by atoms with Gasteiger partial charge in [0.2, 0.25) is 0 Å². The van der Waals surface area contributed by atoms with Crippen LogP contribution in [0.3, 0.4) is 0 Å². The van der Waals surface area contributed by atoms with Gasteiger partial charge in [0, 0.05) is 34.2 Å². The minimum Gasteiger partial charge on any atom is -0.343 e. The summed E-state index contributed by atoms with van der Waals surface area (Å²) in [6.45, 7) is 2.79. The first-order valence-corrected chi connectivity index (χ1v) is 5.48. The molecule has 2 rings (SSSR count). The van der Waals surface area contributed by atoms with Crippen molar-refractivity contribution in [3.63, 3.8) is 0 Å². The Morgan fingerprint density at radius 2 is 2.21 bits per heavy atom. The lowest BCUT2D eigenvalue weighted by Gasteiger charge is -2.12. The van der Waals surface area contributed by atoms with E-state index in [1.54, 1.807) is 0 Å². The van der Waals surface area contributed by atoms with Crippen molar-refractivity contribution in [2.45, 2.75) is 13.0 Å². The van der Waals surface area contributed by atoms with E-state index in [4.69, 9.17) is 5.73 Å². The molecule has 1 atom stereocenters. The van der Waals surface area contributed by atoms with Crippen LogP contribution in [0.5, 0.6) is 0 Å². The molecule has 0 fully saturated rings. The molecule has 0 saturated heterocycles. The summed E-state index contributed by atoms with van der Waals surface area (Å²) in [5.74, 6) is 0. The van der Waals surface area contributed by atoms with Crippen LogP contribution in [0, 0.1) is 0 Å². The molecule has 0 aliphatic carbocycles. The molecule has 1 heterocycles. The van der Waals surface area contributed by atoms with E-state index in [-0.39, 0.29) is 0 Å². The Hall–Kier alpha value is -0.800. The minimum atomic E-state index is 0.349. The third-order valence-corrected chi connectivity index (χ3v) is 3.22. The van der Waals surface area contributed by atoms with Gasteiger partial charge < -0.3 is 10.3 Å². The largest absolute Gasteiger partial charge is 0.343 e. The molecule has 0 bridgehead atoms. The SMILES string of the molecule is CC(CN)n1ccc2c(Br)cccc21. The maximum Gasteiger partial charge on any atom is 0.0494 e. The maximum atomic E-state index is 5.66. The van der Waals surface area contributed by atoms with Crippen molar-refractivity contribution in [1.29, 1.82) is 0 Å². The van der Waals surface area contributed by atoms with Crippen LogP contribution in [0.2, 0.25) is 0 Å². The first-order chi connectivity index (χ1) is 6.74. The molecule has 0 amide bonds. The lowest BCUT2D eigenvalue weighted by molar-refractivity contribution is 0.577. The van der Waals surface area contributed by atoms with Crippen molar-refractivity contribution < 1.29 is 0 Å². The average Bonchev–Trinajstić information content (AvgIpc) is 2.62. The topological polar surface area (TPSA) is 30.9 Å². The van der Waals surface area contributed by atoms with Crippen molar-refractivity contribution in [2.24, 2.45) is 5.73 Å². The van der Waals surface area contributed by atoms with Crippen molar-refractivity contribution >= 4 is 26.8 Å². The summed E-state index contributed by atoms with van der Waals surface area (Å²) < 4.78 is 3.35. The Morgan fingerprint density at radius 1 is 1.43 bits per heavy atom. The van der Waals surface area contributed by atoms with Crippen LogP contribution in [-0.4, -0.2) is 11.1 Å². The van der Waals surface area contributed by atoms with Crippen LogP contribution in [0.25, 0.3) is 10.9 Å². The quantitative estimate of drug-likeness (QED) is 0.876. The first-order valence-electron chi connectivity index (χ1n) is 4.69. The standard InChI is InChI=1S/C11H13BrN2/c1-8(7-13)14-6-5-9-10(12)3-2-4-11(9)14/h2-6,8H,7,13H2,1H3. The van der Waals surface area contributed by atoms with Crippen molar-refractivity contribution in [3.8, 4) is 0 Å². The number of nitrogens with two attached hydrogens (primary N) is 1. The molecular formula is C11H13BrN2. The number of aromatic nitrogens is 1. The van der Waals surface area contributed by atoms with Gasteiger partial charge in [-0.25, -0.2) is 0 Å². The fourth-order valence-corrected chi connectivity index (χ4v) is 2.14. The predicted molar refractivity (Wildman–Crippen MR) is 63.4 cm³/mol. The summed E-state index contributed by atoms with van der Waals surface area (Å²) in [6, 6.07) is 8.69. The van der Waals surface area contributed by atoms with E-state index in [0.29, 0.717) is 12.6 Å². The molecule has 1 aromatic heterocycles. The molecule has 74 valence electrons. The number of fused-ring (bicyclic) bond motifs is 1. The van der Waals surface area contributed by atoms with Crippen LogP contribution in [0.15, 0.2) is 34.9 Å². The Balaban J connectivity index is 2.63. The second-order valence-electron chi connectivity index (χ2n) is 3.48. The third-order valence-electron chi connectivity index (χ3n) is 2.53. The zero-order valence-electron chi connectivity index (χ0n) is 8.07. The Morgan fingerprint density at radius 3 is 2.93 bits per heavy atom. The molecule has 3 heteroatoms. The van der Waals surface area contributed by atoms with Gasteiger partial charge in [0.25, 0.3) is 0 Å². The average molecular weight is 253 g/mol. The van der Waals surface area contributed by atoms with Gasteiger partial charge in [-0.3, -0.25) is 0 Å². The monoisotopic (exact) mass is 252 g/mol. The lowest BCUT2D eigenvalue weighted by Crippen LogP contribution is -2.14. The van der Waals surface area contributed by atoms with Gasteiger partial charge in [0.1, 0.15) is 0 Å². The Kier molecular flexibility index (Phi) is 2.61. The molecule has 0 aliphatic rings. The smallest absolute Gasteiger partial charge is 0.0494 e. The molecule has 2 N–H and O–H groups in total. The number of hydrogen-bond acceptors (Lipinski definition) is 1. The lowest BCUT2D eigenvalue weighted by atomic mass is 10.2. The van der Waals surface area contributed by atoms with Gasteiger partial charge in [-0.15, -0.1) is 0 Å². The molecule has 0 saturated carbocycles. The van der Waals surface area contributed by atoms with Crippen molar-refractivity contribution in [3.05, 3.63) is 34.9 Å². The molecule has 0 aliphatic heterocycles. The first kappa shape index (κ1) is 9.74. The number of rotatable bonds is 2. The predicted octanol–water partition coefficient (Wildman–Crippen LogP) is 2.92. The highest BCUT2D eigenvalue weighted by Gasteiger charge is 2.07. The van der Waals surface area contributed by atoms with E-state index < -0.39 is 0 Å². The van der Waals surface area contributed by atoms with Crippen molar-refractivity contribution in [2.75, 3.05) is 6.54 Å². The van der Waals surface area contributed by atoms with Gasteiger partial charge in [0.15, 0.2) is 0 Å². The Bertz CT molecular complexity index is 447. The highest BCUT2D eigenvalue weighted by Crippen LogP contribution is 2.26. The fourth-order valence-electron chi connectivity index (χ4n) is 1.65. The van der Waals surface area contributed by atoms with Gasteiger partial charge >= 0.3 is 0 Å². The van der Waals surface area contributed by atoms with E-state index in [1.165, 1.54) is 10.9 Å². The highest BCUT2D eigenvalue weighted by molar-refractivity contribution is 9.10. The summed E-state index contributed by atoms with van der Waals surface area (Å²) in [7, 11) is 0. The fraction of sp³-hybridized carbons (Fsp3) is 0.273. The minimum absolute atomic E-state index is 0.349. The molecule has 1 aromatic carbocycles. The summed E-state index contributed by atoms with van der Waals surface area (Å²) in [5.41, 5.74) is 6.89. The molecular weight excluding hydrogens is 240 g/mol. The second-order valence-corrected chi connectivity index (χ2v) is 4.33. The highest BCUT2D eigenvalue weighted by atomic mass is 79.9. The van der Waals surface area contributed by atoms with Gasteiger partial charge in [-0.05, 0) is 25.1 Å². The number of nitrogens with zero attached hydrogens (tertiary/aromatic N) is 1. The molecule has 2 aromatic rings. The van der Waals surface area contributed by atoms with E-state index in [9.17, 15) is 0 Å². The number of hydrogen-bond donors (Lipinski definition) is 1. The summed E-state index contributed by atoms with van der Waals surface area (Å²) in [4.78, 5) is 0. The molecule has 0 radical (unpaired) electrons. The van der Waals surface area contributed by atoms with E-state index in [1.807, 2.05) is 6.07 Å². The zero-order chi connectivity index (χ0) is 10.1. The molecule has 2 nitrogen and oxygen atoms in total. The normalized spacial score (nSPS) is 13.4. The van der Waals surface area contributed by atoms with E-state index in [2.05, 4.69) is 51.8 Å². The third kappa shape index (κ3) is 1.47. The van der Waals surface area contributed by atoms with Crippen LogP contribution >= 0.6 is 15.9 Å². The van der Waals surface area contributed by atoms with Crippen LogP contribution in [-0.2, 0) is 0 Å². The van der Waals surface area contributed by atoms with E-state index in [0.717, 1.165) is 4.47 Å². The number of halogens is 1. The van der Waals surface area contributed by atoms with Crippen molar-refractivity contribution in [1.82, 2.24) is 4.57 Å². The zero-order valence-corrected chi connectivity index (χ0v) is 9.66. The van der Waals surface area contributed by atoms with Gasteiger partial charge in [-0.2, -0.15) is 0 Å². The van der Waals surface area contributed by atoms with Gasteiger partial charge in [-0.1, -0.05) is 22.0 Å². The number of benzene rings is 1. The summed E-state index contributed by atoms with van der Waals surface area (Å²) >= 11 is 3.54. The van der Waals surface area contributed by atoms with Crippen LogP contribution < -0.4 is 5.73 Å². The summed E-state index contributed by atoms with van der Waals surface area (Å²) in [6.07, 6.45) is 2.09. The van der Waals surface area contributed by atoms with E-state index >= 15 is 0 Å². The molecule has 14 heavy (non-hydrogen) atoms. The maximum absolute atomic E-state index is 5.66. The van der Waals surface area contributed by atoms with Gasteiger partial charge in [0.05, 0.1) is 0 Å².